The molecule has 0 bridgehead atoms. The van der Waals surface area contributed by atoms with Gasteiger partial charge in [-0.3, -0.25) is 4.98 Å². The summed E-state index contributed by atoms with van der Waals surface area (Å²) in [5, 5.41) is 4.73. The van der Waals surface area contributed by atoms with Crippen molar-refractivity contribution in [2.75, 3.05) is 6.54 Å². The molecule has 0 aliphatic rings. The van der Waals surface area contributed by atoms with Crippen molar-refractivity contribution in [2.45, 2.75) is 34.2 Å². The van der Waals surface area contributed by atoms with Crippen molar-refractivity contribution in [1.29, 1.82) is 0 Å². The molecule has 1 N–H and O–H groups in total. The number of hydrogen-bond acceptors (Lipinski definition) is 2. The van der Waals surface area contributed by atoms with Crippen LogP contribution in [0, 0.1) is 11.3 Å². The van der Waals surface area contributed by atoms with Crippen LogP contribution in [0.4, 0.5) is 0 Å². The van der Waals surface area contributed by atoms with Crippen molar-refractivity contribution >= 4 is 10.9 Å². The van der Waals surface area contributed by atoms with Gasteiger partial charge in [0.15, 0.2) is 0 Å². The second kappa shape index (κ2) is 5.70. The Labute approximate surface area is 116 Å². The maximum Gasteiger partial charge on any atom is 0.0705 e. The first-order valence-corrected chi connectivity index (χ1v) is 7.04. The zero-order chi connectivity index (χ0) is 13.9. The lowest BCUT2D eigenvalue weighted by Gasteiger charge is -2.29. The minimum absolute atomic E-state index is 0.316. The first-order valence-electron chi connectivity index (χ1n) is 7.04. The van der Waals surface area contributed by atoms with Gasteiger partial charge in [0.2, 0.25) is 0 Å². The van der Waals surface area contributed by atoms with Gasteiger partial charge in [0.25, 0.3) is 0 Å². The molecule has 0 unspecified atom stereocenters. The lowest BCUT2D eigenvalue weighted by molar-refractivity contribution is 0.237. The number of rotatable bonds is 5. The van der Waals surface area contributed by atoms with Gasteiger partial charge in [-0.25, -0.2) is 0 Å². The van der Waals surface area contributed by atoms with Crippen LogP contribution in [0.15, 0.2) is 36.4 Å². The Morgan fingerprint density at radius 3 is 2.58 bits per heavy atom. The van der Waals surface area contributed by atoms with Crippen molar-refractivity contribution in [1.82, 2.24) is 10.3 Å². The Bertz CT molecular complexity index is 544. The highest BCUT2D eigenvalue weighted by molar-refractivity contribution is 5.78. The van der Waals surface area contributed by atoms with Crippen LogP contribution in [0.5, 0.6) is 0 Å². The fraction of sp³-hybridized carbons (Fsp3) is 0.471. The molecule has 1 aromatic heterocycles. The highest BCUT2D eigenvalue weighted by Crippen LogP contribution is 2.24. The quantitative estimate of drug-likeness (QED) is 0.874. The van der Waals surface area contributed by atoms with E-state index in [2.05, 4.69) is 62.3 Å². The number of nitrogens with zero attached hydrogens (tertiary/aromatic N) is 1. The van der Waals surface area contributed by atoms with E-state index in [-0.39, 0.29) is 0 Å². The molecular formula is C17H24N2. The average molecular weight is 256 g/mol. The number of aromatic nitrogens is 1. The van der Waals surface area contributed by atoms with E-state index in [1.54, 1.807) is 0 Å². The van der Waals surface area contributed by atoms with Crippen LogP contribution < -0.4 is 5.32 Å². The topological polar surface area (TPSA) is 24.9 Å². The fourth-order valence-electron chi connectivity index (χ4n) is 1.92. The maximum absolute atomic E-state index is 4.68. The molecule has 2 rings (SSSR count). The SMILES string of the molecule is CC(C)C(C)(C)CNCc1ccc2ccccc2n1. The lowest BCUT2D eigenvalue weighted by Crippen LogP contribution is -2.33. The molecule has 2 nitrogen and oxygen atoms in total. The second-order valence-corrected chi connectivity index (χ2v) is 6.24. The molecule has 1 heterocycles. The largest absolute Gasteiger partial charge is 0.311 e. The smallest absolute Gasteiger partial charge is 0.0705 e. The number of nitrogens with one attached hydrogen (secondary N) is 1. The summed E-state index contributed by atoms with van der Waals surface area (Å²) in [4.78, 5) is 4.68. The molecule has 0 aliphatic carbocycles. The van der Waals surface area contributed by atoms with Crippen molar-refractivity contribution in [3.05, 3.63) is 42.1 Å². The molecule has 19 heavy (non-hydrogen) atoms. The standard InChI is InChI=1S/C17H24N2/c1-13(2)17(3,4)12-18-11-15-10-9-14-7-5-6-8-16(14)19-15/h5-10,13,18H,11-12H2,1-4H3. The molecule has 2 heteroatoms. The Kier molecular flexibility index (Phi) is 4.20. The summed E-state index contributed by atoms with van der Waals surface area (Å²) < 4.78 is 0. The number of fused-ring (bicyclic) bond motifs is 1. The molecular weight excluding hydrogens is 232 g/mol. The highest BCUT2D eigenvalue weighted by Gasteiger charge is 2.21. The van der Waals surface area contributed by atoms with Crippen LogP contribution in [-0.2, 0) is 6.54 Å². The molecule has 0 amide bonds. The van der Waals surface area contributed by atoms with E-state index in [0.717, 1.165) is 24.3 Å². The summed E-state index contributed by atoms with van der Waals surface area (Å²) in [5.41, 5.74) is 2.50. The van der Waals surface area contributed by atoms with Crippen molar-refractivity contribution in [3.63, 3.8) is 0 Å². The van der Waals surface area contributed by atoms with Crippen LogP contribution in [-0.4, -0.2) is 11.5 Å². The maximum atomic E-state index is 4.68. The summed E-state index contributed by atoms with van der Waals surface area (Å²) in [5.74, 6) is 0.671. The number of para-hydroxylation sites is 1. The van der Waals surface area contributed by atoms with Gasteiger partial charge in [-0.05, 0) is 23.5 Å². The van der Waals surface area contributed by atoms with Crippen molar-refractivity contribution < 1.29 is 0 Å². The van der Waals surface area contributed by atoms with E-state index in [1.165, 1.54) is 5.39 Å². The van der Waals surface area contributed by atoms with Gasteiger partial charge in [0.1, 0.15) is 0 Å². The van der Waals surface area contributed by atoms with E-state index >= 15 is 0 Å². The number of benzene rings is 1. The predicted octanol–water partition coefficient (Wildman–Crippen LogP) is 4.01. The first kappa shape index (κ1) is 14.0. The third-order valence-electron chi connectivity index (χ3n) is 4.11. The van der Waals surface area contributed by atoms with Crippen molar-refractivity contribution in [3.8, 4) is 0 Å². The van der Waals surface area contributed by atoms with Crippen LogP contribution in [0.1, 0.15) is 33.4 Å². The summed E-state index contributed by atoms with van der Waals surface area (Å²) in [6, 6.07) is 12.5. The van der Waals surface area contributed by atoms with E-state index in [9.17, 15) is 0 Å². The molecule has 0 atom stereocenters. The Hall–Kier alpha value is -1.41. The summed E-state index contributed by atoms with van der Waals surface area (Å²) in [6.45, 7) is 11.0. The van der Waals surface area contributed by atoms with Gasteiger partial charge in [-0.15, -0.1) is 0 Å². The number of pyridine rings is 1. The molecule has 102 valence electrons. The van der Waals surface area contributed by atoms with Gasteiger partial charge in [0.05, 0.1) is 11.2 Å². The minimum Gasteiger partial charge on any atom is -0.311 e. The Morgan fingerprint density at radius 1 is 1.11 bits per heavy atom. The molecule has 0 spiro atoms. The second-order valence-electron chi connectivity index (χ2n) is 6.24. The van der Waals surface area contributed by atoms with E-state index in [1.807, 2.05) is 12.1 Å². The minimum atomic E-state index is 0.316. The molecule has 0 aliphatic heterocycles. The van der Waals surface area contributed by atoms with Crippen molar-refractivity contribution in [2.24, 2.45) is 11.3 Å². The Balaban J connectivity index is 1.98. The summed E-state index contributed by atoms with van der Waals surface area (Å²) >= 11 is 0. The Morgan fingerprint density at radius 2 is 1.84 bits per heavy atom. The van der Waals surface area contributed by atoms with Gasteiger partial charge >= 0.3 is 0 Å². The average Bonchev–Trinajstić information content (AvgIpc) is 2.38. The zero-order valence-corrected chi connectivity index (χ0v) is 12.4. The highest BCUT2D eigenvalue weighted by atomic mass is 14.9. The monoisotopic (exact) mass is 256 g/mol. The third kappa shape index (κ3) is 3.54. The van der Waals surface area contributed by atoms with E-state index in [4.69, 9.17) is 0 Å². The molecule has 0 saturated heterocycles. The van der Waals surface area contributed by atoms with E-state index < -0.39 is 0 Å². The van der Waals surface area contributed by atoms with Gasteiger partial charge < -0.3 is 5.32 Å². The third-order valence-corrected chi connectivity index (χ3v) is 4.11. The first-order chi connectivity index (χ1) is 8.99. The summed E-state index contributed by atoms with van der Waals surface area (Å²) in [6.07, 6.45) is 0. The van der Waals surface area contributed by atoms with Gasteiger partial charge in [-0.2, -0.15) is 0 Å². The molecule has 0 radical (unpaired) electrons. The molecule has 2 aromatic rings. The van der Waals surface area contributed by atoms with Crippen LogP contribution in [0.3, 0.4) is 0 Å². The van der Waals surface area contributed by atoms with Crippen LogP contribution >= 0.6 is 0 Å². The molecule has 0 saturated carbocycles. The van der Waals surface area contributed by atoms with Crippen LogP contribution in [0.25, 0.3) is 10.9 Å². The van der Waals surface area contributed by atoms with Gasteiger partial charge in [-0.1, -0.05) is 52.0 Å². The normalized spacial score (nSPS) is 12.3. The van der Waals surface area contributed by atoms with Crippen LogP contribution in [0.2, 0.25) is 0 Å². The zero-order valence-electron chi connectivity index (χ0n) is 12.4. The fourth-order valence-corrected chi connectivity index (χ4v) is 1.92. The molecule has 0 fully saturated rings. The lowest BCUT2D eigenvalue weighted by atomic mass is 9.81. The van der Waals surface area contributed by atoms with Gasteiger partial charge in [0, 0.05) is 18.5 Å². The molecule has 1 aromatic carbocycles. The number of hydrogen-bond donors (Lipinski definition) is 1. The van der Waals surface area contributed by atoms with E-state index in [0.29, 0.717) is 11.3 Å². The summed E-state index contributed by atoms with van der Waals surface area (Å²) in [7, 11) is 0. The predicted molar refractivity (Wildman–Crippen MR) is 82.1 cm³/mol.